The van der Waals surface area contributed by atoms with Crippen molar-refractivity contribution in [2.75, 3.05) is 12.3 Å². The molecule has 1 amide bonds. The summed E-state index contributed by atoms with van der Waals surface area (Å²) in [7, 11) is 1.99. The zero-order chi connectivity index (χ0) is 16.7. The van der Waals surface area contributed by atoms with E-state index in [4.69, 9.17) is 10.7 Å². The van der Waals surface area contributed by atoms with E-state index in [0.29, 0.717) is 6.54 Å². The number of benzene rings is 1. The summed E-state index contributed by atoms with van der Waals surface area (Å²) in [6.45, 7) is 0.669. The number of fused-ring (bicyclic) bond motifs is 1. The van der Waals surface area contributed by atoms with Gasteiger partial charge in [-0.25, -0.2) is 15.0 Å². The number of amides is 1. The van der Waals surface area contributed by atoms with Crippen molar-refractivity contribution in [1.82, 2.24) is 24.4 Å². The second-order valence-corrected chi connectivity index (χ2v) is 5.96. The number of carbonyl (C=O) groups excluding carboxylic acids is 1. The first-order valence-electron chi connectivity index (χ1n) is 7.95. The second-order valence-electron chi connectivity index (χ2n) is 5.96. The van der Waals surface area contributed by atoms with Crippen LogP contribution in [-0.2, 0) is 7.05 Å². The number of nitrogen functional groups attached to an aromatic ring is 1. The molecule has 4 rings (SSSR count). The number of anilines is 1. The van der Waals surface area contributed by atoms with Gasteiger partial charge >= 0.3 is 0 Å². The van der Waals surface area contributed by atoms with E-state index in [1.807, 2.05) is 36.2 Å². The van der Waals surface area contributed by atoms with Gasteiger partial charge in [0.2, 0.25) is 0 Å². The summed E-state index contributed by atoms with van der Waals surface area (Å²) in [5.41, 5.74) is 8.03. The molecular formula is C17H18N6O. The molecule has 1 aliphatic heterocycles. The van der Waals surface area contributed by atoms with Gasteiger partial charge in [0, 0.05) is 26.0 Å². The molecule has 1 fully saturated rings. The molecule has 7 nitrogen and oxygen atoms in total. The lowest BCUT2D eigenvalue weighted by Crippen LogP contribution is -2.33. The first kappa shape index (κ1) is 14.6. The molecule has 0 aliphatic carbocycles. The molecule has 2 aromatic heterocycles. The molecule has 1 aliphatic rings. The Hall–Kier alpha value is -2.96. The summed E-state index contributed by atoms with van der Waals surface area (Å²) in [5.74, 6) is 0.873. The van der Waals surface area contributed by atoms with Crippen molar-refractivity contribution in [3.8, 4) is 0 Å². The van der Waals surface area contributed by atoms with Crippen molar-refractivity contribution in [3.63, 3.8) is 0 Å². The Balaban J connectivity index is 1.73. The van der Waals surface area contributed by atoms with Gasteiger partial charge in [-0.15, -0.1) is 0 Å². The first-order valence-corrected chi connectivity index (χ1v) is 7.95. The summed E-state index contributed by atoms with van der Waals surface area (Å²) in [6, 6.07) is 7.91. The van der Waals surface area contributed by atoms with E-state index >= 15 is 0 Å². The molecular weight excluding hydrogens is 304 g/mol. The summed E-state index contributed by atoms with van der Waals surface area (Å²) in [4.78, 5) is 27.5. The van der Waals surface area contributed by atoms with E-state index in [-0.39, 0.29) is 23.5 Å². The molecule has 24 heavy (non-hydrogen) atoms. The van der Waals surface area contributed by atoms with Gasteiger partial charge in [0.25, 0.3) is 5.91 Å². The molecule has 0 spiro atoms. The average Bonchev–Trinajstić information content (AvgIpc) is 3.20. The molecule has 3 heterocycles. The van der Waals surface area contributed by atoms with Gasteiger partial charge in [-0.1, -0.05) is 12.1 Å². The van der Waals surface area contributed by atoms with E-state index in [1.54, 1.807) is 0 Å². The Kier molecular flexibility index (Phi) is 3.41. The highest BCUT2D eigenvalue weighted by molar-refractivity contribution is 5.96. The SMILES string of the molecule is Cn1c([C@H]2CCCN2C(=O)c2nccnc2N)nc2ccccc21. The third kappa shape index (κ3) is 2.20. The average molecular weight is 322 g/mol. The molecule has 0 unspecified atom stereocenters. The number of para-hydroxylation sites is 2. The lowest BCUT2D eigenvalue weighted by atomic mass is 10.2. The molecule has 122 valence electrons. The van der Waals surface area contributed by atoms with Crippen LogP contribution >= 0.6 is 0 Å². The van der Waals surface area contributed by atoms with Crippen molar-refractivity contribution in [1.29, 1.82) is 0 Å². The number of hydrogen-bond donors (Lipinski definition) is 1. The Morgan fingerprint density at radius 1 is 1.25 bits per heavy atom. The molecule has 1 atom stereocenters. The Bertz CT molecular complexity index is 918. The Morgan fingerprint density at radius 2 is 2.04 bits per heavy atom. The van der Waals surface area contributed by atoms with Crippen molar-refractivity contribution in [2.24, 2.45) is 7.05 Å². The summed E-state index contributed by atoms with van der Waals surface area (Å²) in [6.07, 6.45) is 4.78. The van der Waals surface area contributed by atoms with Crippen molar-refractivity contribution >= 4 is 22.8 Å². The van der Waals surface area contributed by atoms with E-state index in [1.165, 1.54) is 12.4 Å². The second kappa shape index (κ2) is 5.59. The Morgan fingerprint density at radius 3 is 2.83 bits per heavy atom. The van der Waals surface area contributed by atoms with Gasteiger partial charge in [-0.3, -0.25) is 4.79 Å². The van der Waals surface area contributed by atoms with Crippen LogP contribution in [0.25, 0.3) is 11.0 Å². The fourth-order valence-electron chi connectivity index (χ4n) is 3.39. The number of likely N-dealkylation sites (tertiary alicyclic amines) is 1. The molecule has 1 aromatic carbocycles. The molecule has 0 saturated carbocycles. The zero-order valence-electron chi connectivity index (χ0n) is 13.4. The van der Waals surface area contributed by atoms with Crippen LogP contribution in [0.2, 0.25) is 0 Å². The number of aromatic nitrogens is 4. The van der Waals surface area contributed by atoms with Gasteiger partial charge in [-0.05, 0) is 25.0 Å². The number of hydrogen-bond acceptors (Lipinski definition) is 5. The van der Waals surface area contributed by atoms with Crippen LogP contribution < -0.4 is 5.73 Å². The lowest BCUT2D eigenvalue weighted by Gasteiger charge is -2.24. The number of rotatable bonds is 2. The summed E-state index contributed by atoms with van der Waals surface area (Å²) < 4.78 is 2.06. The number of imidazole rings is 1. The molecule has 2 N–H and O–H groups in total. The summed E-state index contributed by atoms with van der Waals surface area (Å²) >= 11 is 0. The van der Waals surface area contributed by atoms with Gasteiger partial charge in [-0.2, -0.15) is 0 Å². The first-order chi connectivity index (χ1) is 11.7. The molecule has 0 radical (unpaired) electrons. The van der Waals surface area contributed by atoms with Crippen LogP contribution in [0, 0.1) is 0 Å². The number of aryl methyl sites for hydroxylation is 1. The Labute approximate surface area is 139 Å². The quantitative estimate of drug-likeness (QED) is 0.778. The van der Waals surface area contributed by atoms with Crippen LogP contribution in [0.15, 0.2) is 36.7 Å². The third-order valence-corrected chi connectivity index (χ3v) is 4.56. The minimum absolute atomic E-state index is 0.0729. The van der Waals surface area contributed by atoms with Crippen LogP contribution in [0.1, 0.15) is 35.2 Å². The van der Waals surface area contributed by atoms with Crippen LogP contribution in [0.5, 0.6) is 0 Å². The van der Waals surface area contributed by atoms with E-state index in [2.05, 4.69) is 14.5 Å². The standard InChI is InChI=1S/C17H18N6O/c1-22-12-6-3-2-5-11(12)21-16(22)13-7-4-10-23(13)17(24)14-15(18)20-9-8-19-14/h2-3,5-6,8-9,13H,4,7,10H2,1H3,(H2,18,20)/t13-/m1/s1. The van der Waals surface area contributed by atoms with Crippen LogP contribution in [-0.4, -0.2) is 36.9 Å². The summed E-state index contributed by atoms with van der Waals surface area (Å²) in [5, 5.41) is 0. The maximum absolute atomic E-state index is 12.9. The number of nitrogens with two attached hydrogens (primary N) is 1. The fraction of sp³-hybridized carbons (Fsp3) is 0.294. The maximum atomic E-state index is 12.9. The number of nitrogens with zero attached hydrogens (tertiary/aromatic N) is 5. The van der Waals surface area contributed by atoms with E-state index in [0.717, 1.165) is 29.7 Å². The normalized spacial score (nSPS) is 17.5. The third-order valence-electron chi connectivity index (χ3n) is 4.56. The predicted octanol–water partition coefficient (Wildman–Crippen LogP) is 1.92. The fourth-order valence-corrected chi connectivity index (χ4v) is 3.39. The minimum atomic E-state index is -0.185. The van der Waals surface area contributed by atoms with Crippen LogP contribution in [0.3, 0.4) is 0 Å². The van der Waals surface area contributed by atoms with Gasteiger partial charge in [0.15, 0.2) is 11.5 Å². The molecule has 3 aromatic rings. The predicted molar refractivity (Wildman–Crippen MR) is 90.2 cm³/mol. The smallest absolute Gasteiger partial charge is 0.276 e. The maximum Gasteiger partial charge on any atom is 0.276 e. The molecule has 1 saturated heterocycles. The highest BCUT2D eigenvalue weighted by atomic mass is 16.2. The largest absolute Gasteiger partial charge is 0.382 e. The zero-order valence-corrected chi connectivity index (χ0v) is 13.4. The lowest BCUT2D eigenvalue weighted by molar-refractivity contribution is 0.0723. The highest BCUT2D eigenvalue weighted by Crippen LogP contribution is 2.34. The topological polar surface area (TPSA) is 89.9 Å². The van der Waals surface area contributed by atoms with Crippen molar-refractivity contribution in [3.05, 3.63) is 48.2 Å². The van der Waals surface area contributed by atoms with Gasteiger partial charge in [0.1, 0.15) is 5.82 Å². The number of carbonyl (C=O) groups is 1. The monoisotopic (exact) mass is 322 g/mol. The van der Waals surface area contributed by atoms with Gasteiger partial charge < -0.3 is 15.2 Å². The molecule has 0 bridgehead atoms. The van der Waals surface area contributed by atoms with E-state index < -0.39 is 0 Å². The molecule has 7 heteroatoms. The van der Waals surface area contributed by atoms with E-state index in [9.17, 15) is 4.79 Å². The van der Waals surface area contributed by atoms with Crippen molar-refractivity contribution in [2.45, 2.75) is 18.9 Å². The highest BCUT2D eigenvalue weighted by Gasteiger charge is 2.35. The van der Waals surface area contributed by atoms with Crippen molar-refractivity contribution < 1.29 is 4.79 Å². The van der Waals surface area contributed by atoms with Crippen LogP contribution in [0.4, 0.5) is 5.82 Å². The minimum Gasteiger partial charge on any atom is -0.382 e. The van der Waals surface area contributed by atoms with Gasteiger partial charge in [0.05, 0.1) is 17.1 Å².